The maximum Gasteiger partial charge on any atom is 0.387 e. The van der Waals surface area contributed by atoms with Crippen molar-refractivity contribution in [3.63, 3.8) is 0 Å². The molecule has 0 spiro atoms. The summed E-state index contributed by atoms with van der Waals surface area (Å²) in [6.45, 7) is 1.03. The molecule has 0 aliphatic carbocycles. The van der Waals surface area contributed by atoms with Crippen LogP contribution in [0.3, 0.4) is 0 Å². The maximum atomic E-state index is 12.7. The molecule has 1 amide bonds. The van der Waals surface area contributed by atoms with E-state index in [0.29, 0.717) is 30.2 Å². The van der Waals surface area contributed by atoms with Gasteiger partial charge in [0.25, 0.3) is 5.91 Å². The highest BCUT2D eigenvalue weighted by atomic mass is 19.3. The van der Waals surface area contributed by atoms with E-state index in [0.717, 1.165) is 17.7 Å². The van der Waals surface area contributed by atoms with Crippen LogP contribution in [-0.4, -0.2) is 57.6 Å². The van der Waals surface area contributed by atoms with Crippen molar-refractivity contribution in [2.75, 3.05) is 34.2 Å². The van der Waals surface area contributed by atoms with E-state index >= 15 is 0 Å². The molecular weight excluding hydrogens is 416 g/mol. The van der Waals surface area contributed by atoms with Crippen LogP contribution in [0.15, 0.2) is 47.5 Å². The molecule has 2 aromatic rings. The van der Waals surface area contributed by atoms with Crippen LogP contribution in [0.2, 0.25) is 0 Å². The van der Waals surface area contributed by atoms with E-state index < -0.39 is 6.61 Å². The fourth-order valence-corrected chi connectivity index (χ4v) is 2.96. The molecule has 3 N–H and O–H groups in total. The van der Waals surface area contributed by atoms with Crippen LogP contribution in [0, 0.1) is 6.92 Å². The van der Waals surface area contributed by atoms with Gasteiger partial charge in [-0.3, -0.25) is 9.79 Å². The number of carbonyl (C=O) groups is 1. The minimum Gasteiger partial charge on any atom is -0.434 e. The van der Waals surface area contributed by atoms with Crippen molar-refractivity contribution in [3.05, 3.63) is 64.7 Å². The molecule has 0 saturated heterocycles. The standard InChI is InChI=1S/C23H31F2N5O2/c1-16-8-9-20(32-22(24)25)19(12-16)15-29-23(26-2)28-14-17-6-5-7-18(13-17)21(31)27-10-11-30(3)4/h5-9,12-13,22H,10-11,14-15H2,1-4H3,(H,27,31)(H2,26,28,29). The Hall–Kier alpha value is -3.20. The monoisotopic (exact) mass is 447 g/mol. The number of amides is 1. The fourth-order valence-electron chi connectivity index (χ4n) is 2.96. The Kier molecular flexibility index (Phi) is 9.87. The first kappa shape index (κ1) is 25.1. The molecule has 0 atom stereocenters. The first-order valence-electron chi connectivity index (χ1n) is 10.3. The van der Waals surface area contributed by atoms with E-state index in [-0.39, 0.29) is 18.2 Å². The summed E-state index contributed by atoms with van der Waals surface area (Å²) in [4.78, 5) is 18.5. The molecule has 0 bridgehead atoms. The summed E-state index contributed by atoms with van der Waals surface area (Å²) in [5.74, 6) is 0.499. The predicted molar refractivity (Wildman–Crippen MR) is 122 cm³/mol. The number of alkyl halides is 2. The molecular formula is C23H31F2N5O2. The summed E-state index contributed by atoms with van der Waals surface area (Å²) in [5, 5.41) is 9.16. The van der Waals surface area contributed by atoms with E-state index in [9.17, 15) is 13.6 Å². The van der Waals surface area contributed by atoms with Crippen LogP contribution in [0.5, 0.6) is 5.75 Å². The lowest BCUT2D eigenvalue weighted by Crippen LogP contribution is -2.36. The van der Waals surface area contributed by atoms with Gasteiger partial charge in [0, 0.05) is 44.4 Å². The van der Waals surface area contributed by atoms with Crippen LogP contribution >= 0.6 is 0 Å². The molecule has 32 heavy (non-hydrogen) atoms. The molecule has 0 heterocycles. The number of benzene rings is 2. The molecule has 2 aromatic carbocycles. The summed E-state index contributed by atoms with van der Waals surface area (Å²) in [7, 11) is 5.52. The Morgan fingerprint density at radius 3 is 2.53 bits per heavy atom. The highest BCUT2D eigenvalue weighted by molar-refractivity contribution is 5.94. The molecule has 0 radical (unpaired) electrons. The van der Waals surface area contributed by atoms with Crippen LogP contribution in [0.4, 0.5) is 8.78 Å². The molecule has 2 rings (SSSR count). The van der Waals surface area contributed by atoms with Crippen molar-refractivity contribution >= 4 is 11.9 Å². The van der Waals surface area contributed by atoms with Crippen LogP contribution in [-0.2, 0) is 13.1 Å². The SMILES string of the molecule is CN=C(NCc1cccc(C(=O)NCCN(C)C)c1)NCc1cc(C)ccc1OC(F)F. The van der Waals surface area contributed by atoms with E-state index in [1.54, 1.807) is 25.2 Å². The van der Waals surface area contributed by atoms with Crippen molar-refractivity contribution in [2.45, 2.75) is 26.6 Å². The Bertz CT molecular complexity index is 919. The van der Waals surface area contributed by atoms with E-state index in [1.165, 1.54) is 6.07 Å². The number of likely N-dealkylation sites (N-methyl/N-ethyl adjacent to an activating group) is 1. The van der Waals surface area contributed by atoms with Crippen molar-refractivity contribution in [3.8, 4) is 5.75 Å². The second kappa shape index (κ2) is 12.6. The van der Waals surface area contributed by atoms with Gasteiger partial charge in [-0.15, -0.1) is 0 Å². The fraction of sp³-hybridized carbons (Fsp3) is 0.391. The zero-order valence-electron chi connectivity index (χ0n) is 18.9. The van der Waals surface area contributed by atoms with Crippen LogP contribution in [0.1, 0.15) is 27.0 Å². The van der Waals surface area contributed by atoms with Crippen LogP contribution < -0.4 is 20.7 Å². The van der Waals surface area contributed by atoms with Crippen molar-refractivity contribution in [2.24, 2.45) is 4.99 Å². The highest BCUT2D eigenvalue weighted by Gasteiger charge is 2.11. The number of hydrogen-bond acceptors (Lipinski definition) is 4. The van der Waals surface area contributed by atoms with Gasteiger partial charge in [0.1, 0.15) is 5.75 Å². The number of rotatable bonds is 10. The molecule has 0 aliphatic rings. The third-order valence-corrected chi connectivity index (χ3v) is 4.60. The second-order valence-corrected chi connectivity index (χ2v) is 7.53. The molecule has 0 fully saturated rings. The Labute approximate surface area is 187 Å². The van der Waals surface area contributed by atoms with Crippen molar-refractivity contribution < 1.29 is 18.3 Å². The van der Waals surface area contributed by atoms with Gasteiger partial charge in [-0.05, 0) is 44.8 Å². The summed E-state index contributed by atoms with van der Waals surface area (Å²) in [5.41, 5.74) is 3.03. The molecule has 9 heteroatoms. The highest BCUT2D eigenvalue weighted by Crippen LogP contribution is 2.22. The molecule has 0 unspecified atom stereocenters. The Morgan fingerprint density at radius 1 is 1.09 bits per heavy atom. The van der Waals surface area contributed by atoms with Crippen molar-refractivity contribution in [1.29, 1.82) is 0 Å². The summed E-state index contributed by atoms with van der Waals surface area (Å²) in [6, 6.07) is 12.4. The average Bonchev–Trinajstić information content (AvgIpc) is 2.75. The maximum absolute atomic E-state index is 12.7. The third kappa shape index (κ3) is 8.50. The Balaban J connectivity index is 1.93. The first-order chi connectivity index (χ1) is 15.3. The number of hydrogen-bond donors (Lipinski definition) is 3. The smallest absolute Gasteiger partial charge is 0.387 e. The lowest BCUT2D eigenvalue weighted by molar-refractivity contribution is -0.0504. The minimum atomic E-state index is -2.89. The van der Waals surface area contributed by atoms with E-state index in [2.05, 4.69) is 25.7 Å². The number of ether oxygens (including phenoxy) is 1. The van der Waals surface area contributed by atoms with Gasteiger partial charge in [0.05, 0.1) is 0 Å². The summed E-state index contributed by atoms with van der Waals surface area (Å²) >= 11 is 0. The second-order valence-electron chi connectivity index (χ2n) is 7.53. The van der Waals surface area contributed by atoms with Gasteiger partial charge in [0.2, 0.25) is 0 Å². The molecule has 0 aromatic heterocycles. The molecule has 7 nitrogen and oxygen atoms in total. The average molecular weight is 448 g/mol. The lowest BCUT2D eigenvalue weighted by atomic mass is 10.1. The molecule has 0 saturated carbocycles. The third-order valence-electron chi connectivity index (χ3n) is 4.60. The van der Waals surface area contributed by atoms with Gasteiger partial charge in [0.15, 0.2) is 5.96 Å². The quantitative estimate of drug-likeness (QED) is 0.386. The number of carbonyl (C=O) groups excluding carboxylic acids is 1. The number of halogens is 2. The normalized spacial score (nSPS) is 11.6. The largest absolute Gasteiger partial charge is 0.434 e. The lowest BCUT2D eigenvalue weighted by Gasteiger charge is -2.15. The predicted octanol–water partition coefficient (Wildman–Crippen LogP) is 2.75. The number of guanidine groups is 1. The Morgan fingerprint density at radius 2 is 1.84 bits per heavy atom. The summed E-state index contributed by atoms with van der Waals surface area (Å²) in [6.07, 6.45) is 0. The molecule has 0 aliphatic heterocycles. The minimum absolute atomic E-state index is 0.123. The number of aliphatic imine (C=N–C) groups is 1. The summed E-state index contributed by atoms with van der Waals surface area (Å²) < 4.78 is 29.9. The zero-order valence-corrected chi connectivity index (χ0v) is 18.9. The van der Waals surface area contributed by atoms with Crippen molar-refractivity contribution in [1.82, 2.24) is 20.9 Å². The topological polar surface area (TPSA) is 78.0 Å². The van der Waals surface area contributed by atoms with Gasteiger partial charge < -0.3 is 25.6 Å². The van der Waals surface area contributed by atoms with Crippen LogP contribution in [0.25, 0.3) is 0 Å². The van der Waals surface area contributed by atoms with Gasteiger partial charge in [-0.1, -0.05) is 29.8 Å². The van der Waals surface area contributed by atoms with E-state index in [1.807, 2.05) is 44.1 Å². The number of nitrogens with zero attached hydrogens (tertiary/aromatic N) is 2. The van der Waals surface area contributed by atoms with Gasteiger partial charge in [-0.2, -0.15) is 8.78 Å². The first-order valence-corrected chi connectivity index (χ1v) is 10.3. The van der Waals surface area contributed by atoms with Gasteiger partial charge >= 0.3 is 6.61 Å². The molecule has 174 valence electrons. The number of aryl methyl sites for hydroxylation is 1. The zero-order chi connectivity index (χ0) is 23.5. The van der Waals surface area contributed by atoms with E-state index in [4.69, 9.17) is 0 Å². The number of nitrogens with one attached hydrogen (secondary N) is 3. The van der Waals surface area contributed by atoms with Gasteiger partial charge in [-0.25, -0.2) is 0 Å².